The van der Waals surface area contributed by atoms with E-state index in [-0.39, 0.29) is 11.8 Å². The number of hydrogen-bond donors (Lipinski definition) is 2. The van der Waals surface area contributed by atoms with Crippen molar-refractivity contribution in [3.05, 3.63) is 0 Å². The molecule has 0 aromatic rings. The summed E-state index contributed by atoms with van der Waals surface area (Å²) in [4.78, 5) is 24.8. The SMILES string of the molecule is CC(=O)N1CCC(NC[C@H]2[C@@H]3CC(=O)N[C@@H]3C[C@@H]2C)CC1. The number of piperidine rings is 1. The van der Waals surface area contributed by atoms with Gasteiger partial charge in [0.05, 0.1) is 0 Å². The maximum absolute atomic E-state index is 11.5. The highest BCUT2D eigenvalue weighted by atomic mass is 16.2. The molecule has 1 saturated carbocycles. The molecule has 0 bridgehead atoms. The first-order valence-electron chi connectivity index (χ1n) is 8.33. The minimum absolute atomic E-state index is 0.191. The third-order valence-corrected chi connectivity index (χ3v) is 5.77. The highest BCUT2D eigenvalue weighted by Crippen LogP contribution is 2.41. The molecule has 118 valence electrons. The first-order valence-corrected chi connectivity index (χ1v) is 8.33. The van der Waals surface area contributed by atoms with Crippen LogP contribution in [-0.4, -0.2) is 48.4 Å². The van der Waals surface area contributed by atoms with Gasteiger partial charge in [-0.1, -0.05) is 6.92 Å². The largest absolute Gasteiger partial charge is 0.353 e. The van der Waals surface area contributed by atoms with Crippen LogP contribution in [0.3, 0.4) is 0 Å². The molecule has 0 aromatic heterocycles. The molecule has 3 aliphatic rings. The predicted octanol–water partition coefficient (Wildman–Crippen LogP) is 0.748. The fraction of sp³-hybridized carbons (Fsp3) is 0.875. The monoisotopic (exact) mass is 293 g/mol. The molecule has 2 saturated heterocycles. The molecule has 5 heteroatoms. The van der Waals surface area contributed by atoms with Gasteiger partial charge in [0.25, 0.3) is 0 Å². The Morgan fingerprint density at radius 1 is 1.38 bits per heavy atom. The summed E-state index contributed by atoms with van der Waals surface area (Å²) in [6.45, 7) is 6.73. The van der Waals surface area contributed by atoms with Crippen molar-refractivity contribution in [1.29, 1.82) is 0 Å². The van der Waals surface area contributed by atoms with Crippen LogP contribution in [0.1, 0.15) is 39.5 Å². The van der Waals surface area contributed by atoms with Gasteiger partial charge in [0.1, 0.15) is 0 Å². The average molecular weight is 293 g/mol. The number of likely N-dealkylation sites (tertiary alicyclic amines) is 1. The second kappa shape index (κ2) is 5.95. The molecular weight excluding hydrogens is 266 g/mol. The Hall–Kier alpha value is -1.10. The standard InChI is InChI=1S/C16H27N3O2/c1-10-7-15-13(8-16(21)18-15)14(10)9-17-12-3-5-19(6-4-12)11(2)20/h10,12-15,17H,3-9H2,1-2H3,(H,18,21)/t10-,13-,14+,15+/m0/s1. The lowest BCUT2D eigenvalue weighted by Crippen LogP contribution is -2.46. The molecular formula is C16H27N3O2. The Morgan fingerprint density at radius 2 is 2.10 bits per heavy atom. The maximum Gasteiger partial charge on any atom is 0.220 e. The molecule has 0 radical (unpaired) electrons. The zero-order valence-corrected chi connectivity index (χ0v) is 13.1. The molecule has 0 spiro atoms. The summed E-state index contributed by atoms with van der Waals surface area (Å²) in [6, 6.07) is 0.941. The van der Waals surface area contributed by atoms with Gasteiger partial charge in [-0.15, -0.1) is 0 Å². The number of nitrogens with zero attached hydrogens (tertiary/aromatic N) is 1. The van der Waals surface area contributed by atoms with Gasteiger partial charge in [-0.2, -0.15) is 0 Å². The lowest BCUT2D eigenvalue weighted by molar-refractivity contribution is -0.129. The smallest absolute Gasteiger partial charge is 0.220 e. The number of amides is 2. The summed E-state index contributed by atoms with van der Waals surface area (Å²) < 4.78 is 0. The molecule has 4 atom stereocenters. The summed E-state index contributed by atoms with van der Waals surface area (Å²) in [6.07, 6.45) is 3.94. The van der Waals surface area contributed by atoms with Crippen LogP contribution < -0.4 is 10.6 Å². The normalized spacial score (nSPS) is 36.7. The maximum atomic E-state index is 11.5. The number of carbonyl (C=O) groups is 2. The number of rotatable bonds is 3. The van der Waals surface area contributed by atoms with Crippen LogP contribution >= 0.6 is 0 Å². The van der Waals surface area contributed by atoms with Crippen LogP contribution in [0.15, 0.2) is 0 Å². The Labute approximate surface area is 126 Å². The average Bonchev–Trinajstić information content (AvgIpc) is 2.92. The molecule has 2 N–H and O–H groups in total. The van der Waals surface area contributed by atoms with Crippen molar-refractivity contribution in [2.75, 3.05) is 19.6 Å². The van der Waals surface area contributed by atoms with Crippen LogP contribution in [-0.2, 0) is 9.59 Å². The van der Waals surface area contributed by atoms with Crippen LogP contribution in [0, 0.1) is 17.8 Å². The lowest BCUT2D eigenvalue weighted by atomic mass is 9.88. The predicted molar refractivity (Wildman–Crippen MR) is 80.6 cm³/mol. The third kappa shape index (κ3) is 3.07. The van der Waals surface area contributed by atoms with E-state index in [0.29, 0.717) is 36.3 Å². The molecule has 0 aromatic carbocycles. The van der Waals surface area contributed by atoms with E-state index in [0.717, 1.165) is 38.9 Å². The van der Waals surface area contributed by atoms with Crippen molar-refractivity contribution in [2.45, 2.75) is 51.6 Å². The minimum atomic E-state index is 0.191. The van der Waals surface area contributed by atoms with E-state index in [1.54, 1.807) is 6.92 Å². The zero-order valence-electron chi connectivity index (χ0n) is 13.1. The Balaban J connectivity index is 1.47. The van der Waals surface area contributed by atoms with E-state index in [9.17, 15) is 9.59 Å². The molecule has 1 aliphatic carbocycles. The van der Waals surface area contributed by atoms with Gasteiger partial charge in [-0.3, -0.25) is 9.59 Å². The van der Waals surface area contributed by atoms with Crippen molar-refractivity contribution in [3.8, 4) is 0 Å². The Bertz CT molecular complexity index is 418. The molecule has 3 fully saturated rings. The first kappa shape index (κ1) is 14.8. The summed E-state index contributed by atoms with van der Waals surface area (Å²) >= 11 is 0. The first-order chi connectivity index (χ1) is 10.0. The molecule has 2 amide bonds. The van der Waals surface area contributed by atoms with E-state index in [2.05, 4.69) is 17.6 Å². The van der Waals surface area contributed by atoms with Crippen molar-refractivity contribution < 1.29 is 9.59 Å². The van der Waals surface area contributed by atoms with E-state index in [1.807, 2.05) is 4.90 Å². The molecule has 2 heterocycles. The summed E-state index contributed by atoms with van der Waals surface area (Å²) in [5.74, 6) is 2.25. The van der Waals surface area contributed by atoms with Crippen molar-refractivity contribution in [1.82, 2.24) is 15.5 Å². The number of carbonyl (C=O) groups excluding carboxylic acids is 2. The van der Waals surface area contributed by atoms with Gasteiger partial charge >= 0.3 is 0 Å². The third-order valence-electron chi connectivity index (χ3n) is 5.77. The summed E-state index contributed by atoms with van der Waals surface area (Å²) in [5, 5.41) is 6.83. The molecule has 0 unspecified atom stereocenters. The van der Waals surface area contributed by atoms with Gasteiger partial charge in [0.15, 0.2) is 0 Å². The van der Waals surface area contributed by atoms with Crippen LogP contribution in [0.4, 0.5) is 0 Å². The van der Waals surface area contributed by atoms with Crippen LogP contribution in [0.25, 0.3) is 0 Å². The van der Waals surface area contributed by atoms with Gasteiger partial charge in [0.2, 0.25) is 11.8 Å². The highest BCUT2D eigenvalue weighted by molar-refractivity contribution is 5.79. The van der Waals surface area contributed by atoms with Crippen molar-refractivity contribution in [3.63, 3.8) is 0 Å². The Kier molecular flexibility index (Phi) is 4.20. The highest BCUT2D eigenvalue weighted by Gasteiger charge is 2.46. The van der Waals surface area contributed by atoms with E-state index < -0.39 is 0 Å². The fourth-order valence-electron chi connectivity index (χ4n) is 4.46. The van der Waals surface area contributed by atoms with Crippen molar-refractivity contribution >= 4 is 11.8 Å². The second-order valence-corrected chi connectivity index (χ2v) is 7.11. The lowest BCUT2D eigenvalue weighted by Gasteiger charge is -2.33. The van der Waals surface area contributed by atoms with E-state index in [1.165, 1.54) is 0 Å². The number of nitrogens with one attached hydrogen (secondary N) is 2. The summed E-state index contributed by atoms with van der Waals surface area (Å²) in [5.41, 5.74) is 0. The number of fused-ring (bicyclic) bond motifs is 1. The van der Waals surface area contributed by atoms with Gasteiger partial charge in [-0.25, -0.2) is 0 Å². The molecule has 21 heavy (non-hydrogen) atoms. The van der Waals surface area contributed by atoms with Gasteiger partial charge in [-0.05, 0) is 43.6 Å². The topological polar surface area (TPSA) is 61.4 Å². The quantitative estimate of drug-likeness (QED) is 0.807. The summed E-state index contributed by atoms with van der Waals surface area (Å²) in [7, 11) is 0. The number of hydrogen-bond acceptors (Lipinski definition) is 3. The Morgan fingerprint density at radius 3 is 2.76 bits per heavy atom. The van der Waals surface area contributed by atoms with Gasteiger partial charge in [0, 0.05) is 38.5 Å². The second-order valence-electron chi connectivity index (χ2n) is 7.11. The van der Waals surface area contributed by atoms with E-state index in [4.69, 9.17) is 0 Å². The van der Waals surface area contributed by atoms with Crippen LogP contribution in [0.2, 0.25) is 0 Å². The zero-order chi connectivity index (χ0) is 15.0. The van der Waals surface area contributed by atoms with Crippen LogP contribution in [0.5, 0.6) is 0 Å². The molecule has 5 nitrogen and oxygen atoms in total. The van der Waals surface area contributed by atoms with E-state index >= 15 is 0 Å². The minimum Gasteiger partial charge on any atom is -0.353 e. The molecule has 3 rings (SSSR count). The van der Waals surface area contributed by atoms with Crippen molar-refractivity contribution in [2.24, 2.45) is 17.8 Å². The fourth-order valence-corrected chi connectivity index (χ4v) is 4.46. The van der Waals surface area contributed by atoms with Gasteiger partial charge < -0.3 is 15.5 Å². The molecule has 2 aliphatic heterocycles.